The fourth-order valence-electron chi connectivity index (χ4n) is 0.914. The van der Waals surface area contributed by atoms with Gasteiger partial charge in [0.15, 0.2) is 0 Å². The van der Waals surface area contributed by atoms with Gasteiger partial charge in [-0.3, -0.25) is 0 Å². The Kier molecular flexibility index (Phi) is 3.05. The van der Waals surface area contributed by atoms with Crippen LogP contribution in [0.25, 0.3) is 0 Å². The number of rotatable bonds is 2. The first-order valence-electron chi connectivity index (χ1n) is 3.45. The summed E-state index contributed by atoms with van der Waals surface area (Å²) in [5.74, 6) is 0.0163. The molecule has 0 unspecified atom stereocenters. The normalized spacial score (nSPS) is 12.9. The third-order valence-corrected chi connectivity index (χ3v) is 2.22. The molecule has 0 radical (unpaired) electrons. The molecule has 0 aliphatic rings. The van der Waals surface area contributed by atoms with Crippen molar-refractivity contribution in [1.82, 2.24) is 0 Å². The van der Waals surface area contributed by atoms with E-state index < -0.39 is 12.7 Å². The van der Waals surface area contributed by atoms with E-state index in [1.807, 2.05) is 0 Å². The second kappa shape index (κ2) is 3.87. The maximum Gasteiger partial charge on any atom is 0.134 e. The van der Waals surface area contributed by atoms with Crippen LogP contribution in [0.3, 0.4) is 0 Å². The van der Waals surface area contributed by atoms with Gasteiger partial charge in [-0.1, -0.05) is 12.1 Å². The lowest BCUT2D eigenvalue weighted by atomic mass is 10.1. The van der Waals surface area contributed by atoms with Crippen molar-refractivity contribution in [2.75, 3.05) is 6.67 Å². The number of para-hydroxylation sites is 1. The first kappa shape index (κ1) is 9.48. The van der Waals surface area contributed by atoms with E-state index in [4.69, 9.17) is 5.73 Å². The van der Waals surface area contributed by atoms with Gasteiger partial charge in [-0.2, -0.15) is 0 Å². The summed E-state index contributed by atoms with van der Waals surface area (Å²) in [6.07, 6.45) is 0. The second-order valence-corrected chi connectivity index (χ2v) is 3.29. The van der Waals surface area contributed by atoms with Crippen molar-refractivity contribution in [1.29, 1.82) is 0 Å². The smallest absolute Gasteiger partial charge is 0.134 e. The summed E-state index contributed by atoms with van der Waals surface area (Å²) in [5.41, 5.74) is 5.83. The van der Waals surface area contributed by atoms with E-state index >= 15 is 0 Å². The third kappa shape index (κ3) is 1.76. The Hall–Kier alpha value is -0.610. The van der Waals surface area contributed by atoms with Crippen LogP contribution in [0.5, 0.6) is 5.75 Å². The molecular weight excluding hydrogens is 225 g/mol. The maximum atomic E-state index is 12.1. The molecule has 0 saturated carbocycles. The molecule has 0 fully saturated rings. The average molecular weight is 234 g/mol. The Labute approximate surface area is 78.3 Å². The number of phenolic OH excluding ortho intramolecular Hbond substituents is 1. The van der Waals surface area contributed by atoms with E-state index in [-0.39, 0.29) is 5.75 Å². The topological polar surface area (TPSA) is 46.2 Å². The summed E-state index contributed by atoms with van der Waals surface area (Å²) in [5, 5.41) is 9.41. The Morgan fingerprint density at radius 2 is 2.25 bits per heavy atom. The second-order valence-electron chi connectivity index (χ2n) is 2.44. The summed E-state index contributed by atoms with van der Waals surface area (Å²) in [4.78, 5) is 0. The number of hydrogen-bond acceptors (Lipinski definition) is 2. The first-order valence-corrected chi connectivity index (χ1v) is 4.25. The van der Waals surface area contributed by atoms with Crippen molar-refractivity contribution >= 4 is 15.9 Å². The van der Waals surface area contributed by atoms with Crippen molar-refractivity contribution in [3.63, 3.8) is 0 Å². The van der Waals surface area contributed by atoms with Crippen molar-refractivity contribution in [3.8, 4) is 5.75 Å². The summed E-state index contributed by atoms with van der Waals surface area (Å²) < 4.78 is 12.7. The van der Waals surface area contributed by atoms with E-state index in [9.17, 15) is 9.50 Å². The Morgan fingerprint density at radius 1 is 1.58 bits per heavy atom. The van der Waals surface area contributed by atoms with Crippen molar-refractivity contribution < 1.29 is 9.50 Å². The highest BCUT2D eigenvalue weighted by Crippen LogP contribution is 2.30. The molecule has 0 bridgehead atoms. The van der Waals surface area contributed by atoms with Crippen LogP contribution in [0.4, 0.5) is 4.39 Å². The summed E-state index contributed by atoms with van der Waals surface area (Å²) >= 11 is 3.12. The molecule has 2 nitrogen and oxygen atoms in total. The van der Waals surface area contributed by atoms with Crippen LogP contribution in [-0.2, 0) is 0 Å². The van der Waals surface area contributed by atoms with Crippen molar-refractivity contribution in [2.45, 2.75) is 6.04 Å². The molecule has 0 saturated heterocycles. The van der Waals surface area contributed by atoms with E-state index in [2.05, 4.69) is 15.9 Å². The molecule has 1 aromatic rings. The van der Waals surface area contributed by atoms with Gasteiger partial charge in [0, 0.05) is 5.56 Å². The minimum absolute atomic E-state index is 0.0163. The van der Waals surface area contributed by atoms with Gasteiger partial charge in [-0.25, -0.2) is 4.39 Å². The van der Waals surface area contributed by atoms with Gasteiger partial charge < -0.3 is 10.8 Å². The fraction of sp³-hybridized carbons (Fsp3) is 0.250. The summed E-state index contributed by atoms with van der Waals surface area (Å²) in [6, 6.07) is 4.23. The quantitative estimate of drug-likeness (QED) is 0.823. The van der Waals surface area contributed by atoms with Gasteiger partial charge in [0.25, 0.3) is 0 Å². The highest BCUT2D eigenvalue weighted by molar-refractivity contribution is 9.10. The average Bonchev–Trinajstić information content (AvgIpc) is 2.08. The number of halogens is 2. The Bertz CT molecular complexity index is 280. The zero-order valence-electron chi connectivity index (χ0n) is 6.30. The molecule has 3 N–H and O–H groups in total. The maximum absolute atomic E-state index is 12.1. The minimum atomic E-state index is -0.748. The van der Waals surface area contributed by atoms with Gasteiger partial charge in [0.05, 0.1) is 10.5 Å². The van der Waals surface area contributed by atoms with Crippen LogP contribution in [0.1, 0.15) is 11.6 Å². The first-order chi connectivity index (χ1) is 5.66. The zero-order valence-corrected chi connectivity index (χ0v) is 7.88. The van der Waals surface area contributed by atoms with Gasteiger partial charge in [-0.05, 0) is 22.0 Å². The molecule has 0 amide bonds. The van der Waals surface area contributed by atoms with Crippen LogP contribution < -0.4 is 5.73 Å². The Morgan fingerprint density at radius 3 is 2.83 bits per heavy atom. The molecule has 0 aromatic heterocycles. The lowest BCUT2D eigenvalue weighted by molar-refractivity contribution is 0.413. The molecule has 0 spiro atoms. The number of hydrogen-bond donors (Lipinski definition) is 2. The largest absolute Gasteiger partial charge is 0.506 e. The van der Waals surface area contributed by atoms with Gasteiger partial charge in [0.2, 0.25) is 0 Å². The van der Waals surface area contributed by atoms with E-state index in [1.165, 1.54) is 0 Å². The highest BCUT2D eigenvalue weighted by atomic mass is 79.9. The summed E-state index contributed by atoms with van der Waals surface area (Å²) in [7, 11) is 0. The standard InChI is InChI=1S/C8H9BrFNO/c9-6-3-1-2-5(8(6)12)7(11)4-10/h1-3,7,12H,4,11H2/t7-/m1/s1. The molecule has 0 aliphatic carbocycles. The molecule has 66 valence electrons. The predicted molar refractivity (Wildman–Crippen MR) is 48.7 cm³/mol. The number of nitrogens with two attached hydrogens (primary N) is 1. The van der Waals surface area contributed by atoms with Crippen LogP contribution >= 0.6 is 15.9 Å². The fourth-order valence-corrected chi connectivity index (χ4v) is 1.30. The molecule has 4 heteroatoms. The molecule has 1 rings (SSSR count). The van der Waals surface area contributed by atoms with Gasteiger partial charge in [0.1, 0.15) is 12.4 Å². The van der Waals surface area contributed by atoms with Crippen molar-refractivity contribution in [3.05, 3.63) is 28.2 Å². The molecular formula is C8H9BrFNO. The van der Waals surface area contributed by atoms with E-state index in [0.717, 1.165) is 0 Å². The molecule has 0 heterocycles. The van der Waals surface area contributed by atoms with Crippen LogP contribution in [0.15, 0.2) is 22.7 Å². The third-order valence-electron chi connectivity index (χ3n) is 1.58. The van der Waals surface area contributed by atoms with Crippen LogP contribution in [0, 0.1) is 0 Å². The van der Waals surface area contributed by atoms with Gasteiger partial charge >= 0.3 is 0 Å². The van der Waals surface area contributed by atoms with Crippen LogP contribution in [-0.4, -0.2) is 11.8 Å². The number of aromatic hydroxyl groups is 1. The summed E-state index contributed by atoms with van der Waals surface area (Å²) in [6.45, 7) is -0.677. The lowest BCUT2D eigenvalue weighted by Crippen LogP contribution is -2.12. The van der Waals surface area contributed by atoms with Crippen molar-refractivity contribution in [2.24, 2.45) is 5.73 Å². The SMILES string of the molecule is N[C@H](CF)c1cccc(Br)c1O. The monoisotopic (exact) mass is 233 g/mol. The Balaban J connectivity index is 3.07. The molecule has 1 atom stereocenters. The van der Waals surface area contributed by atoms with E-state index in [1.54, 1.807) is 18.2 Å². The zero-order chi connectivity index (χ0) is 9.14. The van der Waals surface area contributed by atoms with Crippen LogP contribution in [0.2, 0.25) is 0 Å². The number of benzene rings is 1. The van der Waals surface area contributed by atoms with Gasteiger partial charge in [-0.15, -0.1) is 0 Å². The highest BCUT2D eigenvalue weighted by Gasteiger charge is 2.11. The predicted octanol–water partition coefficient (Wildman–Crippen LogP) is 2.12. The minimum Gasteiger partial charge on any atom is -0.506 e. The number of phenols is 1. The molecule has 1 aromatic carbocycles. The number of alkyl halides is 1. The molecule has 0 aliphatic heterocycles. The lowest BCUT2D eigenvalue weighted by Gasteiger charge is -2.10. The van der Waals surface area contributed by atoms with E-state index in [0.29, 0.717) is 10.0 Å². The molecule has 12 heavy (non-hydrogen) atoms.